The Bertz CT molecular complexity index is 904. The van der Waals surface area contributed by atoms with Crippen LogP contribution in [0.5, 0.6) is 0 Å². The summed E-state index contributed by atoms with van der Waals surface area (Å²) in [5.74, 6) is 16.6. The fraction of sp³-hybridized carbons (Fsp3) is 1.00. The molecule has 250 valence electrons. The maximum Gasteiger partial charge on any atom is -0.0318 e. The first kappa shape index (κ1) is 31.3. The monoisotopic (exact) mass is 603 g/mol. The number of fused-ring (bicyclic) bond motifs is 4. The molecule has 8 aliphatic carbocycles. The van der Waals surface area contributed by atoms with Crippen molar-refractivity contribution in [3.8, 4) is 0 Å². The minimum atomic E-state index is 0.502. The Labute approximate surface area is 274 Å². The Kier molecular flexibility index (Phi) is 9.34. The highest BCUT2D eigenvalue weighted by Gasteiger charge is 2.62. The smallest absolute Gasteiger partial charge is 0.0318 e. The predicted molar refractivity (Wildman–Crippen MR) is 187 cm³/mol. The van der Waals surface area contributed by atoms with Crippen molar-refractivity contribution in [2.45, 2.75) is 181 Å². The molecule has 11 unspecified atom stereocenters. The standard InChI is InChI=1S/C44H74/c1-44(2,3)31-26-27-38-39(28-31)41(30-18-8-5-9-19-30)34-22-12-15-25-37(34)43(38)42-35-23-13-10-20-32(35)40(29-16-6-4-7-17-29)33-21-11-14-24-36(33)42/h29-43H,4-28H2,1-3H3. The lowest BCUT2D eigenvalue weighted by Gasteiger charge is -2.66. The van der Waals surface area contributed by atoms with Crippen LogP contribution in [0.2, 0.25) is 0 Å². The van der Waals surface area contributed by atoms with Crippen LogP contribution in [0.1, 0.15) is 181 Å². The van der Waals surface area contributed by atoms with Crippen molar-refractivity contribution in [1.29, 1.82) is 0 Å². The number of hydrogen-bond donors (Lipinski definition) is 0. The van der Waals surface area contributed by atoms with Gasteiger partial charge in [-0.1, -0.05) is 124 Å². The summed E-state index contributed by atoms with van der Waals surface area (Å²) in [4.78, 5) is 0. The van der Waals surface area contributed by atoms with Gasteiger partial charge in [0.2, 0.25) is 0 Å². The maximum atomic E-state index is 2.61. The normalized spacial score (nSPS) is 49.3. The van der Waals surface area contributed by atoms with Crippen molar-refractivity contribution in [3.63, 3.8) is 0 Å². The van der Waals surface area contributed by atoms with Crippen LogP contribution < -0.4 is 0 Å². The quantitative estimate of drug-likeness (QED) is 0.301. The molecule has 0 radical (unpaired) electrons. The van der Waals surface area contributed by atoms with Gasteiger partial charge in [-0.2, -0.15) is 0 Å². The van der Waals surface area contributed by atoms with E-state index >= 15 is 0 Å². The van der Waals surface area contributed by atoms with Gasteiger partial charge in [0.15, 0.2) is 0 Å². The molecule has 0 aromatic heterocycles. The molecule has 8 saturated carbocycles. The Balaban J connectivity index is 1.19. The van der Waals surface area contributed by atoms with Crippen LogP contribution in [0, 0.1) is 94.2 Å². The van der Waals surface area contributed by atoms with Gasteiger partial charge in [0.25, 0.3) is 0 Å². The van der Waals surface area contributed by atoms with Gasteiger partial charge >= 0.3 is 0 Å². The minimum Gasteiger partial charge on any atom is -0.0599 e. The van der Waals surface area contributed by atoms with E-state index < -0.39 is 0 Å². The highest BCUT2D eigenvalue weighted by Crippen LogP contribution is 2.68. The number of hydrogen-bond acceptors (Lipinski definition) is 0. The molecule has 0 spiro atoms. The molecule has 11 atom stereocenters. The molecule has 0 heterocycles. The van der Waals surface area contributed by atoms with E-state index in [2.05, 4.69) is 20.8 Å². The second kappa shape index (κ2) is 13.1. The van der Waals surface area contributed by atoms with Crippen LogP contribution in [-0.4, -0.2) is 0 Å². The zero-order valence-corrected chi connectivity index (χ0v) is 29.8. The molecule has 0 aromatic carbocycles. The minimum absolute atomic E-state index is 0.502. The Morgan fingerprint density at radius 2 is 0.614 bits per heavy atom. The lowest BCUT2D eigenvalue weighted by Crippen LogP contribution is -2.60. The van der Waals surface area contributed by atoms with Crippen molar-refractivity contribution in [3.05, 3.63) is 0 Å². The van der Waals surface area contributed by atoms with Crippen LogP contribution in [-0.2, 0) is 0 Å². The van der Waals surface area contributed by atoms with E-state index in [4.69, 9.17) is 0 Å². The SMILES string of the molecule is CC(C)(C)C1CCC2C(C1)C(C1CCCCC1)C1CCCCC1C2C1C2CCCCC2C(C2CCCCC2)C2CCCCC21. The Hall–Kier alpha value is 0. The third-order valence-corrected chi connectivity index (χ3v) is 17.6. The number of rotatable bonds is 3. The molecular formula is C44H74. The van der Waals surface area contributed by atoms with E-state index in [0.717, 1.165) is 88.8 Å². The Morgan fingerprint density at radius 1 is 0.295 bits per heavy atom. The fourth-order valence-electron chi connectivity index (χ4n) is 16.2. The van der Waals surface area contributed by atoms with E-state index in [0.29, 0.717) is 5.41 Å². The Morgan fingerprint density at radius 3 is 1.00 bits per heavy atom. The second-order valence-corrected chi connectivity index (χ2v) is 20.1. The van der Waals surface area contributed by atoms with Gasteiger partial charge in [-0.15, -0.1) is 0 Å². The van der Waals surface area contributed by atoms with E-state index in [-0.39, 0.29) is 0 Å². The first-order valence-corrected chi connectivity index (χ1v) is 21.5. The molecule has 0 heteroatoms. The van der Waals surface area contributed by atoms with Crippen LogP contribution in [0.4, 0.5) is 0 Å². The van der Waals surface area contributed by atoms with Gasteiger partial charge in [0, 0.05) is 0 Å². The highest BCUT2D eigenvalue weighted by atomic mass is 14.7. The topological polar surface area (TPSA) is 0 Å². The molecule has 8 rings (SSSR count). The van der Waals surface area contributed by atoms with Gasteiger partial charge in [-0.25, -0.2) is 0 Å². The van der Waals surface area contributed by atoms with E-state index in [1.807, 2.05) is 0 Å². The van der Waals surface area contributed by atoms with Crippen molar-refractivity contribution in [2.75, 3.05) is 0 Å². The van der Waals surface area contributed by atoms with E-state index in [9.17, 15) is 0 Å². The summed E-state index contributed by atoms with van der Waals surface area (Å²) in [5.41, 5.74) is 0.502. The molecule has 0 saturated heterocycles. The van der Waals surface area contributed by atoms with Crippen molar-refractivity contribution in [1.82, 2.24) is 0 Å². The first-order chi connectivity index (χ1) is 21.5. The summed E-state index contributed by atoms with van der Waals surface area (Å²) in [6.45, 7) is 7.84. The third-order valence-electron chi connectivity index (χ3n) is 17.6. The molecule has 0 aliphatic heterocycles. The molecule has 0 amide bonds. The van der Waals surface area contributed by atoms with Crippen LogP contribution in [0.15, 0.2) is 0 Å². The molecule has 8 aliphatic rings. The van der Waals surface area contributed by atoms with Gasteiger partial charge in [0.05, 0.1) is 0 Å². The molecule has 0 N–H and O–H groups in total. The van der Waals surface area contributed by atoms with Crippen molar-refractivity contribution in [2.24, 2.45) is 94.2 Å². The molecular weight excluding hydrogens is 528 g/mol. The predicted octanol–water partition coefficient (Wildman–Crippen LogP) is 13.1. The van der Waals surface area contributed by atoms with Crippen LogP contribution in [0.3, 0.4) is 0 Å². The maximum absolute atomic E-state index is 2.61. The summed E-state index contributed by atoms with van der Waals surface area (Å²) in [5, 5.41) is 0. The zero-order valence-electron chi connectivity index (χ0n) is 29.8. The molecule has 0 aromatic rings. The van der Waals surface area contributed by atoms with Crippen LogP contribution >= 0.6 is 0 Å². The van der Waals surface area contributed by atoms with Gasteiger partial charge in [0.1, 0.15) is 0 Å². The fourth-order valence-corrected chi connectivity index (χ4v) is 16.2. The van der Waals surface area contributed by atoms with Gasteiger partial charge in [-0.3, -0.25) is 0 Å². The summed E-state index contributed by atoms with van der Waals surface area (Å²) in [6.07, 6.45) is 39.8. The molecule has 0 nitrogen and oxygen atoms in total. The zero-order chi connectivity index (χ0) is 29.8. The van der Waals surface area contributed by atoms with Crippen molar-refractivity contribution >= 4 is 0 Å². The summed E-state index contributed by atoms with van der Waals surface area (Å²) >= 11 is 0. The van der Waals surface area contributed by atoms with Gasteiger partial charge < -0.3 is 0 Å². The lowest BCUT2D eigenvalue weighted by atomic mass is 9.39. The first-order valence-electron chi connectivity index (χ1n) is 21.5. The molecule has 0 bridgehead atoms. The van der Waals surface area contributed by atoms with Crippen molar-refractivity contribution < 1.29 is 0 Å². The average molecular weight is 603 g/mol. The summed E-state index contributed by atoms with van der Waals surface area (Å²) < 4.78 is 0. The third kappa shape index (κ3) is 5.63. The van der Waals surface area contributed by atoms with E-state index in [1.54, 1.807) is 154 Å². The van der Waals surface area contributed by atoms with Gasteiger partial charge in [-0.05, 0) is 152 Å². The second-order valence-electron chi connectivity index (χ2n) is 20.1. The van der Waals surface area contributed by atoms with Crippen LogP contribution in [0.25, 0.3) is 0 Å². The average Bonchev–Trinajstić information content (AvgIpc) is 3.06. The lowest BCUT2D eigenvalue weighted by molar-refractivity contribution is -0.179. The van der Waals surface area contributed by atoms with E-state index in [1.165, 1.54) is 6.42 Å². The molecule has 44 heavy (non-hydrogen) atoms. The largest absolute Gasteiger partial charge is 0.0599 e. The summed E-state index contributed by atoms with van der Waals surface area (Å²) in [6, 6.07) is 0. The highest BCUT2D eigenvalue weighted by molar-refractivity contribution is 5.10. The summed E-state index contributed by atoms with van der Waals surface area (Å²) in [7, 11) is 0. The molecule has 8 fully saturated rings.